The van der Waals surface area contributed by atoms with Crippen molar-refractivity contribution in [3.63, 3.8) is 0 Å². The van der Waals surface area contributed by atoms with Crippen LogP contribution in [0.4, 0.5) is 9.18 Å². The number of rotatable bonds is 1. The summed E-state index contributed by atoms with van der Waals surface area (Å²) in [5.41, 5.74) is 0.829. The fraction of sp³-hybridized carbons (Fsp3) is 0.500. The molecule has 0 unspecified atom stereocenters. The molecule has 3 rings (SSSR count). The van der Waals surface area contributed by atoms with Gasteiger partial charge in [0.1, 0.15) is 11.4 Å². The molecular weight excluding hydrogens is 313 g/mol. The Kier molecular flexibility index (Phi) is 4.32. The fourth-order valence-electron chi connectivity index (χ4n) is 3.04. The summed E-state index contributed by atoms with van der Waals surface area (Å²) in [4.78, 5) is 13.9. The maximum absolute atomic E-state index is 13.3. The number of halogens is 1. The molecule has 5 heteroatoms. The lowest BCUT2D eigenvalue weighted by molar-refractivity contribution is 0.0205. The van der Waals surface area contributed by atoms with Crippen LogP contribution in [-0.2, 0) is 4.74 Å². The van der Waals surface area contributed by atoms with Crippen molar-refractivity contribution in [2.45, 2.75) is 45.1 Å². The number of fused-ring (bicyclic) bond motifs is 1. The van der Waals surface area contributed by atoms with Gasteiger partial charge in [0.25, 0.3) is 0 Å². The largest absolute Gasteiger partial charge is 0.444 e. The maximum Gasteiger partial charge on any atom is 0.410 e. The minimum atomic E-state index is -0.457. The van der Waals surface area contributed by atoms with Gasteiger partial charge in [-0.3, -0.25) is 0 Å². The van der Waals surface area contributed by atoms with Gasteiger partial charge >= 0.3 is 6.09 Å². The number of carbonyl (C=O) groups is 1. The van der Waals surface area contributed by atoms with E-state index < -0.39 is 5.60 Å². The van der Waals surface area contributed by atoms with Gasteiger partial charge in [0, 0.05) is 17.8 Å². The molecular formula is C18H22FNO2S. The zero-order chi connectivity index (χ0) is 16.6. The van der Waals surface area contributed by atoms with Crippen LogP contribution in [0.5, 0.6) is 0 Å². The van der Waals surface area contributed by atoms with Gasteiger partial charge in [-0.2, -0.15) is 0 Å². The third kappa shape index (κ3) is 3.66. The van der Waals surface area contributed by atoms with E-state index in [1.54, 1.807) is 22.3 Å². The molecule has 2 heterocycles. The number of likely N-dealkylation sites (tertiary alicyclic amines) is 1. The van der Waals surface area contributed by atoms with Gasteiger partial charge in [-0.25, -0.2) is 9.18 Å². The quantitative estimate of drug-likeness (QED) is 0.721. The first-order valence-corrected chi connectivity index (χ1v) is 8.86. The topological polar surface area (TPSA) is 29.5 Å². The Hall–Kier alpha value is -1.62. The molecule has 23 heavy (non-hydrogen) atoms. The normalized spacial score (nSPS) is 16.8. The average Bonchev–Trinajstić information content (AvgIpc) is 2.88. The second kappa shape index (κ2) is 6.11. The molecule has 0 spiro atoms. The Bertz CT molecular complexity index is 711. The van der Waals surface area contributed by atoms with E-state index in [2.05, 4.69) is 5.38 Å². The molecule has 1 saturated heterocycles. The van der Waals surface area contributed by atoms with Gasteiger partial charge in [0.05, 0.1) is 0 Å². The average molecular weight is 335 g/mol. The Labute approximate surface area is 140 Å². The van der Waals surface area contributed by atoms with Crippen molar-refractivity contribution in [3.8, 4) is 0 Å². The summed E-state index contributed by atoms with van der Waals surface area (Å²) in [6, 6.07) is 4.99. The van der Waals surface area contributed by atoms with Crippen LogP contribution in [0.2, 0.25) is 0 Å². The Morgan fingerprint density at radius 1 is 1.30 bits per heavy atom. The number of carbonyl (C=O) groups excluding carboxylic acids is 1. The first kappa shape index (κ1) is 16.2. The molecule has 0 radical (unpaired) electrons. The first-order chi connectivity index (χ1) is 10.8. The van der Waals surface area contributed by atoms with Crippen molar-refractivity contribution in [1.82, 2.24) is 4.90 Å². The number of ether oxygens (including phenoxy) is 1. The summed E-state index contributed by atoms with van der Waals surface area (Å²) < 4.78 is 19.7. The fourth-order valence-corrected chi connectivity index (χ4v) is 4.11. The summed E-state index contributed by atoms with van der Waals surface area (Å²) in [5, 5.41) is 3.28. The van der Waals surface area contributed by atoms with Crippen LogP contribution in [0.15, 0.2) is 23.6 Å². The number of benzene rings is 1. The number of amides is 1. The predicted octanol–water partition coefficient (Wildman–Crippen LogP) is 5.15. The monoisotopic (exact) mass is 335 g/mol. The van der Waals surface area contributed by atoms with E-state index in [0.29, 0.717) is 19.0 Å². The van der Waals surface area contributed by atoms with E-state index in [1.807, 2.05) is 26.8 Å². The molecule has 0 atom stereocenters. The summed E-state index contributed by atoms with van der Waals surface area (Å²) in [6.07, 6.45) is 1.61. The first-order valence-electron chi connectivity index (χ1n) is 7.98. The van der Waals surface area contributed by atoms with Gasteiger partial charge in [-0.15, -0.1) is 11.3 Å². The summed E-state index contributed by atoms with van der Waals surface area (Å²) in [5.74, 6) is 0.235. The summed E-state index contributed by atoms with van der Waals surface area (Å²) >= 11 is 1.59. The highest BCUT2D eigenvalue weighted by atomic mass is 32.1. The number of piperidine rings is 1. The van der Waals surface area contributed by atoms with Crippen LogP contribution in [0.3, 0.4) is 0 Å². The Balaban J connectivity index is 1.67. The van der Waals surface area contributed by atoms with Crippen LogP contribution in [0, 0.1) is 5.82 Å². The molecule has 1 aliphatic rings. The van der Waals surface area contributed by atoms with Crippen molar-refractivity contribution in [1.29, 1.82) is 0 Å². The highest BCUT2D eigenvalue weighted by Crippen LogP contribution is 2.37. The highest BCUT2D eigenvalue weighted by Gasteiger charge is 2.28. The van der Waals surface area contributed by atoms with E-state index >= 15 is 0 Å². The van der Waals surface area contributed by atoms with Gasteiger partial charge in [0.2, 0.25) is 0 Å². The SMILES string of the molecule is CC(C)(C)OC(=O)N1CCC(c2csc3cc(F)ccc23)CC1. The zero-order valence-corrected chi connectivity index (χ0v) is 14.6. The molecule has 2 aromatic rings. The smallest absolute Gasteiger partial charge is 0.410 e. The van der Waals surface area contributed by atoms with Crippen molar-refractivity contribution in [2.75, 3.05) is 13.1 Å². The molecule has 1 fully saturated rings. The lowest BCUT2D eigenvalue weighted by atomic mass is 9.89. The van der Waals surface area contributed by atoms with Gasteiger partial charge < -0.3 is 9.64 Å². The molecule has 1 amide bonds. The van der Waals surface area contributed by atoms with Crippen molar-refractivity contribution < 1.29 is 13.9 Å². The lowest BCUT2D eigenvalue weighted by Gasteiger charge is -2.33. The van der Waals surface area contributed by atoms with Crippen molar-refractivity contribution in [2.24, 2.45) is 0 Å². The second-order valence-electron chi connectivity index (χ2n) is 7.07. The van der Waals surface area contributed by atoms with E-state index in [4.69, 9.17) is 4.74 Å². The van der Waals surface area contributed by atoms with Crippen molar-refractivity contribution >= 4 is 27.5 Å². The van der Waals surface area contributed by atoms with Crippen LogP contribution in [0.25, 0.3) is 10.1 Å². The Morgan fingerprint density at radius 3 is 2.65 bits per heavy atom. The lowest BCUT2D eigenvalue weighted by Crippen LogP contribution is -2.41. The minimum absolute atomic E-state index is 0.189. The second-order valence-corrected chi connectivity index (χ2v) is 7.98. The molecule has 1 aromatic heterocycles. The molecule has 0 saturated carbocycles. The Morgan fingerprint density at radius 2 is 2.00 bits per heavy atom. The number of thiophene rings is 1. The number of hydrogen-bond acceptors (Lipinski definition) is 3. The van der Waals surface area contributed by atoms with Crippen molar-refractivity contribution in [3.05, 3.63) is 35.0 Å². The van der Waals surface area contributed by atoms with Gasteiger partial charge in [-0.1, -0.05) is 6.07 Å². The van der Waals surface area contributed by atoms with Gasteiger partial charge in [-0.05, 0) is 68.0 Å². The maximum atomic E-state index is 13.3. The molecule has 1 aliphatic heterocycles. The number of hydrogen-bond donors (Lipinski definition) is 0. The van der Waals surface area contributed by atoms with Crippen LogP contribution < -0.4 is 0 Å². The summed E-state index contributed by atoms with van der Waals surface area (Å²) in [6.45, 7) is 7.06. The molecule has 3 nitrogen and oxygen atoms in total. The molecule has 124 valence electrons. The third-order valence-corrected chi connectivity index (χ3v) is 5.12. The van der Waals surface area contributed by atoms with Crippen LogP contribution in [-0.4, -0.2) is 29.7 Å². The van der Waals surface area contributed by atoms with Gasteiger partial charge in [0.15, 0.2) is 0 Å². The van der Waals surface area contributed by atoms with E-state index in [0.717, 1.165) is 22.9 Å². The number of nitrogens with zero attached hydrogens (tertiary/aromatic N) is 1. The standard InChI is InChI=1S/C18H22FNO2S/c1-18(2,3)22-17(21)20-8-6-12(7-9-20)15-11-23-16-10-13(19)4-5-14(15)16/h4-5,10-12H,6-9H2,1-3H3. The predicted molar refractivity (Wildman–Crippen MR) is 91.6 cm³/mol. The highest BCUT2D eigenvalue weighted by molar-refractivity contribution is 7.17. The van der Waals surface area contributed by atoms with E-state index in [9.17, 15) is 9.18 Å². The molecule has 0 N–H and O–H groups in total. The van der Waals surface area contributed by atoms with E-state index in [-0.39, 0.29) is 11.9 Å². The van der Waals surface area contributed by atoms with Crippen LogP contribution >= 0.6 is 11.3 Å². The molecule has 0 bridgehead atoms. The molecule has 1 aromatic carbocycles. The van der Waals surface area contributed by atoms with Crippen LogP contribution in [0.1, 0.15) is 45.1 Å². The third-order valence-electron chi connectivity index (χ3n) is 4.15. The molecule has 0 aliphatic carbocycles. The minimum Gasteiger partial charge on any atom is -0.444 e. The zero-order valence-electron chi connectivity index (χ0n) is 13.8. The summed E-state index contributed by atoms with van der Waals surface area (Å²) in [7, 11) is 0. The van der Waals surface area contributed by atoms with E-state index in [1.165, 1.54) is 11.6 Å².